The second kappa shape index (κ2) is 4.46. The minimum Gasteiger partial charge on any atom is -0.344 e. The molecule has 0 aromatic carbocycles. The SMILES string of the molecule is Cc1nn(C)c(N(CC(F)(F)F)C2CC2)c1CN. The molecule has 102 valence electrons. The number of aryl methyl sites for hydroxylation is 2. The smallest absolute Gasteiger partial charge is 0.344 e. The zero-order chi connectivity index (χ0) is 13.5. The fraction of sp³-hybridized carbons (Fsp3) is 0.727. The molecule has 0 radical (unpaired) electrons. The largest absolute Gasteiger partial charge is 0.405 e. The molecule has 1 aromatic heterocycles. The number of alkyl halides is 3. The summed E-state index contributed by atoms with van der Waals surface area (Å²) in [6, 6.07) is -0.0354. The van der Waals surface area contributed by atoms with Crippen LogP contribution in [0.5, 0.6) is 0 Å². The number of aromatic nitrogens is 2. The number of anilines is 1. The molecule has 1 heterocycles. The lowest BCUT2D eigenvalue weighted by atomic mass is 10.2. The first kappa shape index (κ1) is 13.2. The molecule has 1 saturated carbocycles. The number of rotatable bonds is 4. The van der Waals surface area contributed by atoms with E-state index in [-0.39, 0.29) is 12.6 Å². The average molecular weight is 262 g/mol. The van der Waals surface area contributed by atoms with E-state index in [1.165, 1.54) is 9.58 Å². The maximum atomic E-state index is 12.7. The first-order chi connectivity index (χ1) is 8.33. The Morgan fingerprint density at radius 1 is 1.44 bits per heavy atom. The molecule has 2 N–H and O–H groups in total. The Hall–Kier alpha value is -1.24. The van der Waals surface area contributed by atoms with Crippen molar-refractivity contribution >= 4 is 5.82 Å². The molecule has 1 aliphatic carbocycles. The third-order valence-corrected chi connectivity index (χ3v) is 3.13. The van der Waals surface area contributed by atoms with Gasteiger partial charge in [-0.05, 0) is 19.8 Å². The van der Waals surface area contributed by atoms with Gasteiger partial charge in [-0.3, -0.25) is 4.68 Å². The van der Waals surface area contributed by atoms with Crippen LogP contribution in [0.15, 0.2) is 0 Å². The summed E-state index contributed by atoms with van der Waals surface area (Å²) < 4.78 is 39.5. The third kappa shape index (κ3) is 2.60. The molecular formula is C11H17F3N4. The van der Waals surface area contributed by atoms with Gasteiger partial charge in [0.05, 0.1) is 5.69 Å². The zero-order valence-corrected chi connectivity index (χ0v) is 10.5. The molecule has 7 heteroatoms. The van der Waals surface area contributed by atoms with Gasteiger partial charge in [-0.15, -0.1) is 0 Å². The maximum Gasteiger partial charge on any atom is 0.405 e. The van der Waals surface area contributed by atoms with Gasteiger partial charge < -0.3 is 10.6 Å². The van der Waals surface area contributed by atoms with Crippen molar-refractivity contribution in [3.05, 3.63) is 11.3 Å². The van der Waals surface area contributed by atoms with E-state index in [0.717, 1.165) is 12.8 Å². The summed E-state index contributed by atoms with van der Waals surface area (Å²) in [6.45, 7) is 1.03. The van der Waals surface area contributed by atoms with Crippen molar-refractivity contribution in [2.24, 2.45) is 12.8 Å². The van der Waals surface area contributed by atoms with Crippen LogP contribution in [0, 0.1) is 6.92 Å². The van der Waals surface area contributed by atoms with Crippen molar-refractivity contribution in [3.63, 3.8) is 0 Å². The van der Waals surface area contributed by atoms with Gasteiger partial charge in [0.25, 0.3) is 0 Å². The van der Waals surface area contributed by atoms with Crippen LogP contribution in [0.3, 0.4) is 0 Å². The summed E-state index contributed by atoms with van der Waals surface area (Å²) in [6.07, 6.45) is -2.62. The highest BCUT2D eigenvalue weighted by Gasteiger charge is 2.40. The third-order valence-electron chi connectivity index (χ3n) is 3.13. The zero-order valence-electron chi connectivity index (χ0n) is 10.5. The van der Waals surface area contributed by atoms with Crippen molar-refractivity contribution in [2.45, 2.75) is 38.5 Å². The van der Waals surface area contributed by atoms with E-state index in [0.29, 0.717) is 17.1 Å². The van der Waals surface area contributed by atoms with E-state index in [2.05, 4.69) is 5.10 Å². The van der Waals surface area contributed by atoms with Gasteiger partial charge in [0.15, 0.2) is 0 Å². The van der Waals surface area contributed by atoms with Gasteiger partial charge in [0.2, 0.25) is 0 Å². The highest BCUT2D eigenvalue weighted by Crippen LogP contribution is 2.36. The lowest BCUT2D eigenvalue weighted by Crippen LogP contribution is -2.37. The Balaban J connectivity index is 2.36. The second-order valence-electron chi connectivity index (χ2n) is 4.69. The molecule has 18 heavy (non-hydrogen) atoms. The second-order valence-corrected chi connectivity index (χ2v) is 4.69. The van der Waals surface area contributed by atoms with Crippen molar-refractivity contribution in [1.29, 1.82) is 0 Å². The number of hydrogen-bond donors (Lipinski definition) is 1. The molecule has 0 atom stereocenters. The van der Waals surface area contributed by atoms with Crippen LogP contribution in [0.2, 0.25) is 0 Å². The van der Waals surface area contributed by atoms with E-state index in [1.54, 1.807) is 14.0 Å². The van der Waals surface area contributed by atoms with Crippen molar-refractivity contribution in [3.8, 4) is 0 Å². The normalized spacial score (nSPS) is 16.1. The molecule has 0 amide bonds. The van der Waals surface area contributed by atoms with E-state index in [9.17, 15) is 13.2 Å². The Kier molecular flexibility index (Phi) is 3.27. The van der Waals surface area contributed by atoms with Gasteiger partial charge in [0.1, 0.15) is 12.4 Å². The molecular weight excluding hydrogens is 245 g/mol. The summed E-state index contributed by atoms with van der Waals surface area (Å²) >= 11 is 0. The quantitative estimate of drug-likeness (QED) is 0.898. The summed E-state index contributed by atoms with van der Waals surface area (Å²) in [5, 5.41) is 4.17. The molecule has 1 aliphatic rings. The highest BCUT2D eigenvalue weighted by molar-refractivity contribution is 5.52. The average Bonchev–Trinajstić information content (AvgIpc) is 3.00. The monoisotopic (exact) mass is 262 g/mol. The van der Waals surface area contributed by atoms with Crippen LogP contribution < -0.4 is 10.6 Å². The minimum absolute atomic E-state index is 0.0354. The molecule has 0 spiro atoms. The van der Waals surface area contributed by atoms with Crippen molar-refractivity contribution in [1.82, 2.24) is 9.78 Å². The lowest BCUT2D eigenvalue weighted by Gasteiger charge is -2.26. The Bertz CT molecular complexity index is 434. The van der Waals surface area contributed by atoms with Crippen LogP contribution in [-0.4, -0.2) is 28.5 Å². The van der Waals surface area contributed by atoms with Crippen LogP contribution in [0.25, 0.3) is 0 Å². The summed E-state index contributed by atoms with van der Waals surface area (Å²) in [5.41, 5.74) is 7.03. The van der Waals surface area contributed by atoms with Crippen LogP contribution in [0.4, 0.5) is 19.0 Å². The fourth-order valence-electron chi connectivity index (χ4n) is 2.24. The van der Waals surface area contributed by atoms with Gasteiger partial charge in [-0.2, -0.15) is 18.3 Å². The number of nitrogens with two attached hydrogens (primary N) is 1. The molecule has 2 rings (SSSR count). The topological polar surface area (TPSA) is 47.1 Å². The van der Waals surface area contributed by atoms with E-state index < -0.39 is 12.7 Å². The van der Waals surface area contributed by atoms with Crippen LogP contribution in [-0.2, 0) is 13.6 Å². The molecule has 4 nitrogen and oxygen atoms in total. The molecule has 1 fully saturated rings. The molecule has 0 aliphatic heterocycles. The molecule has 0 bridgehead atoms. The summed E-state index contributed by atoms with van der Waals surface area (Å²) in [4.78, 5) is 1.39. The van der Waals surface area contributed by atoms with E-state index in [1.807, 2.05) is 0 Å². The number of halogens is 3. The predicted octanol–water partition coefficient (Wildman–Crippen LogP) is 1.72. The van der Waals surface area contributed by atoms with Gasteiger partial charge in [-0.25, -0.2) is 0 Å². The van der Waals surface area contributed by atoms with Crippen molar-refractivity contribution in [2.75, 3.05) is 11.4 Å². The Morgan fingerprint density at radius 3 is 2.50 bits per heavy atom. The highest BCUT2D eigenvalue weighted by atomic mass is 19.4. The van der Waals surface area contributed by atoms with Crippen LogP contribution in [0.1, 0.15) is 24.1 Å². The summed E-state index contributed by atoms with van der Waals surface area (Å²) in [5.74, 6) is 0.509. The molecule has 1 aromatic rings. The predicted molar refractivity (Wildman–Crippen MR) is 62.3 cm³/mol. The molecule has 0 saturated heterocycles. The number of nitrogens with zero attached hydrogens (tertiary/aromatic N) is 3. The minimum atomic E-state index is -4.22. The van der Waals surface area contributed by atoms with E-state index >= 15 is 0 Å². The summed E-state index contributed by atoms with van der Waals surface area (Å²) in [7, 11) is 1.66. The Morgan fingerprint density at radius 2 is 2.06 bits per heavy atom. The maximum absolute atomic E-state index is 12.7. The van der Waals surface area contributed by atoms with Gasteiger partial charge in [-0.1, -0.05) is 0 Å². The fourth-order valence-corrected chi connectivity index (χ4v) is 2.24. The van der Waals surface area contributed by atoms with Gasteiger partial charge >= 0.3 is 6.18 Å². The Labute approximate surface area is 104 Å². The van der Waals surface area contributed by atoms with E-state index in [4.69, 9.17) is 5.73 Å². The lowest BCUT2D eigenvalue weighted by molar-refractivity contribution is -0.120. The first-order valence-electron chi connectivity index (χ1n) is 5.89. The first-order valence-corrected chi connectivity index (χ1v) is 5.89. The standard InChI is InChI=1S/C11H17F3N4/c1-7-9(5-15)10(17(2)16-7)18(8-3-4-8)6-11(12,13)14/h8H,3-6,15H2,1-2H3. The van der Waals surface area contributed by atoms with Crippen LogP contribution >= 0.6 is 0 Å². The number of hydrogen-bond acceptors (Lipinski definition) is 3. The van der Waals surface area contributed by atoms with Gasteiger partial charge in [0, 0.05) is 25.2 Å². The molecule has 0 unspecified atom stereocenters. The van der Waals surface area contributed by atoms with Crippen molar-refractivity contribution < 1.29 is 13.2 Å².